The molecule has 0 saturated heterocycles. The molecule has 2 rings (SSSR count). The fourth-order valence-corrected chi connectivity index (χ4v) is 2.13. The molecule has 15 heavy (non-hydrogen) atoms. The number of nitrogens with one attached hydrogen (secondary N) is 1. The summed E-state index contributed by atoms with van der Waals surface area (Å²) in [4.78, 5) is 0. The van der Waals surface area contributed by atoms with Gasteiger partial charge in [-0.1, -0.05) is 30.7 Å². The van der Waals surface area contributed by atoms with Crippen LogP contribution in [0.4, 0.5) is 0 Å². The van der Waals surface area contributed by atoms with Crippen molar-refractivity contribution in [3.8, 4) is 0 Å². The first kappa shape index (κ1) is 9.97. The van der Waals surface area contributed by atoms with Crippen LogP contribution in [0, 0.1) is 5.41 Å². The second-order valence-electron chi connectivity index (χ2n) is 4.36. The lowest BCUT2D eigenvalue weighted by Gasteiger charge is -2.31. The smallest absolute Gasteiger partial charge is 0.0618 e. The summed E-state index contributed by atoms with van der Waals surface area (Å²) in [5, 5.41) is 7.01. The van der Waals surface area contributed by atoms with Gasteiger partial charge in [0.15, 0.2) is 0 Å². The molecule has 2 heteroatoms. The highest BCUT2D eigenvalue weighted by Gasteiger charge is 2.29. The Bertz CT molecular complexity index is 423. The molecular weight excluding hydrogens is 184 g/mol. The van der Waals surface area contributed by atoms with Crippen molar-refractivity contribution >= 4 is 5.57 Å². The zero-order valence-corrected chi connectivity index (χ0v) is 9.25. The lowest BCUT2D eigenvalue weighted by molar-refractivity contribution is 0.559. The third-order valence-electron chi connectivity index (χ3n) is 3.04. The molecule has 2 nitrogen and oxygen atoms in total. The summed E-state index contributed by atoms with van der Waals surface area (Å²) in [6.07, 6.45) is 9.16. The van der Waals surface area contributed by atoms with Crippen LogP contribution in [0.2, 0.25) is 0 Å². The van der Waals surface area contributed by atoms with Gasteiger partial charge in [0.2, 0.25) is 0 Å². The van der Waals surface area contributed by atoms with E-state index in [0.717, 1.165) is 12.1 Å². The maximum Gasteiger partial charge on any atom is 0.0618 e. The molecule has 1 atom stereocenters. The monoisotopic (exact) mass is 200 g/mol. The summed E-state index contributed by atoms with van der Waals surface area (Å²) >= 11 is 0. The van der Waals surface area contributed by atoms with E-state index < -0.39 is 0 Å². The second kappa shape index (κ2) is 3.54. The summed E-state index contributed by atoms with van der Waals surface area (Å²) in [6, 6.07) is 2.00. The maximum absolute atomic E-state index is 4.00. The molecule has 1 aromatic heterocycles. The van der Waals surface area contributed by atoms with Crippen molar-refractivity contribution < 1.29 is 0 Å². The molecule has 0 aliphatic heterocycles. The SMILES string of the molecule is C=CC1(C)CC(C)=CC=C1c1ccn[nH]1. The van der Waals surface area contributed by atoms with Crippen molar-refractivity contribution in [2.24, 2.45) is 5.41 Å². The minimum absolute atomic E-state index is 0.0192. The Labute approximate surface area is 90.4 Å². The molecule has 0 radical (unpaired) electrons. The molecule has 0 spiro atoms. The van der Waals surface area contributed by atoms with Gasteiger partial charge in [0.05, 0.1) is 5.69 Å². The average Bonchev–Trinajstić information content (AvgIpc) is 2.71. The van der Waals surface area contributed by atoms with Crippen LogP contribution >= 0.6 is 0 Å². The molecule has 1 aromatic rings. The van der Waals surface area contributed by atoms with Crippen molar-refractivity contribution in [3.05, 3.63) is 48.3 Å². The third-order valence-corrected chi connectivity index (χ3v) is 3.04. The lowest BCUT2D eigenvalue weighted by Crippen LogP contribution is -2.18. The van der Waals surface area contributed by atoms with Gasteiger partial charge in [0.25, 0.3) is 0 Å². The highest BCUT2D eigenvalue weighted by Crippen LogP contribution is 2.43. The molecule has 0 fully saturated rings. The van der Waals surface area contributed by atoms with E-state index in [4.69, 9.17) is 0 Å². The van der Waals surface area contributed by atoms with Gasteiger partial charge < -0.3 is 0 Å². The van der Waals surface area contributed by atoms with E-state index in [1.54, 1.807) is 6.20 Å². The van der Waals surface area contributed by atoms with E-state index in [2.05, 4.69) is 42.8 Å². The summed E-state index contributed by atoms with van der Waals surface area (Å²) in [6.45, 7) is 8.31. The lowest BCUT2D eigenvalue weighted by atomic mass is 9.73. The van der Waals surface area contributed by atoms with Gasteiger partial charge in [-0.05, 0) is 25.0 Å². The van der Waals surface area contributed by atoms with Crippen LogP contribution in [0.25, 0.3) is 5.57 Å². The van der Waals surface area contributed by atoms with Gasteiger partial charge in [0, 0.05) is 11.6 Å². The highest BCUT2D eigenvalue weighted by molar-refractivity contribution is 5.72. The molecule has 0 amide bonds. The highest BCUT2D eigenvalue weighted by atomic mass is 15.1. The van der Waals surface area contributed by atoms with Gasteiger partial charge in [-0.25, -0.2) is 0 Å². The molecule has 1 aliphatic rings. The van der Waals surface area contributed by atoms with Gasteiger partial charge in [-0.3, -0.25) is 5.10 Å². The number of hydrogen-bond donors (Lipinski definition) is 1. The molecule has 0 saturated carbocycles. The van der Waals surface area contributed by atoms with Gasteiger partial charge in [-0.15, -0.1) is 6.58 Å². The van der Waals surface area contributed by atoms with Crippen LogP contribution in [0.1, 0.15) is 26.0 Å². The van der Waals surface area contributed by atoms with Crippen LogP contribution in [0.5, 0.6) is 0 Å². The van der Waals surface area contributed by atoms with Crippen LogP contribution in [0.15, 0.2) is 42.6 Å². The van der Waals surface area contributed by atoms with Crippen LogP contribution in [-0.4, -0.2) is 10.2 Å². The Morgan fingerprint density at radius 2 is 2.33 bits per heavy atom. The topological polar surface area (TPSA) is 28.7 Å². The van der Waals surface area contributed by atoms with E-state index in [0.29, 0.717) is 0 Å². The molecule has 1 heterocycles. The van der Waals surface area contributed by atoms with Gasteiger partial charge in [-0.2, -0.15) is 5.10 Å². The summed E-state index contributed by atoms with van der Waals surface area (Å²) in [7, 11) is 0. The molecule has 0 aromatic carbocycles. The van der Waals surface area contributed by atoms with Gasteiger partial charge >= 0.3 is 0 Å². The number of hydrogen-bond acceptors (Lipinski definition) is 1. The Morgan fingerprint density at radius 1 is 1.53 bits per heavy atom. The first-order chi connectivity index (χ1) is 7.15. The van der Waals surface area contributed by atoms with E-state index in [1.165, 1.54) is 11.1 Å². The maximum atomic E-state index is 4.00. The summed E-state index contributed by atoms with van der Waals surface area (Å²) < 4.78 is 0. The Balaban J connectivity index is 2.48. The number of aromatic nitrogens is 2. The number of allylic oxidation sites excluding steroid dienone is 5. The van der Waals surface area contributed by atoms with Crippen molar-refractivity contribution in [1.29, 1.82) is 0 Å². The van der Waals surface area contributed by atoms with Crippen LogP contribution in [0.3, 0.4) is 0 Å². The average molecular weight is 200 g/mol. The molecule has 78 valence electrons. The molecule has 0 bridgehead atoms. The molecule has 1 aliphatic carbocycles. The zero-order valence-electron chi connectivity index (χ0n) is 9.25. The predicted octanol–water partition coefficient (Wildman–Crippen LogP) is 3.34. The van der Waals surface area contributed by atoms with Gasteiger partial charge in [0.1, 0.15) is 0 Å². The number of H-pyrrole nitrogens is 1. The second-order valence-corrected chi connectivity index (χ2v) is 4.36. The zero-order chi connectivity index (χ0) is 10.9. The molecule has 1 N–H and O–H groups in total. The third kappa shape index (κ3) is 1.67. The Kier molecular flexibility index (Phi) is 2.35. The Hall–Kier alpha value is -1.57. The van der Waals surface area contributed by atoms with Crippen molar-refractivity contribution in [2.75, 3.05) is 0 Å². The largest absolute Gasteiger partial charge is 0.278 e. The minimum atomic E-state index is 0.0192. The number of rotatable bonds is 2. The Morgan fingerprint density at radius 3 is 2.93 bits per heavy atom. The summed E-state index contributed by atoms with van der Waals surface area (Å²) in [5.41, 5.74) is 3.76. The van der Waals surface area contributed by atoms with Crippen molar-refractivity contribution in [3.63, 3.8) is 0 Å². The first-order valence-corrected chi connectivity index (χ1v) is 5.17. The van der Waals surface area contributed by atoms with Crippen molar-refractivity contribution in [2.45, 2.75) is 20.3 Å². The quantitative estimate of drug-likeness (QED) is 0.729. The first-order valence-electron chi connectivity index (χ1n) is 5.17. The number of nitrogens with zero attached hydrogens (tertiary/aromatic N) is 1. The van der Waals surface area contributed by atoms with Crippen LogP contribution < -0.4 is 0 Å². The fourth-order valence-electron chi connectivity index (χ4n) is 2.13. The standard InChI is InChI=1S/C13H16N2/c1-4-13(3)9-10(2)5-6-11(13)12-7-8-14-15-12/h4-8H,1,9H2,2-3H3,(H,14,15). The van der Waals surface area contributed by atoms with E-state index in [-0.39, 0.29) is 5.41 Å². The number of aromatic amines is 1. The molecule has 1 unspecified atom stereocenters. The molecular formula is C13H16N2. The van der Waals surface area contributed by atoms with E-state index in [9.17, 15) is 0 Å². The van der Waals surface area contributed by atoms with E-state index in [1.807, 2.05) is 12.1 Å². The minimum Gasteiger partial charge on any atom is -0.278 e. The fraction of sp³-hybridized carbons (Fsp3) is 0.308. The normalized spacial score (nSPS) is 25.7. The van der Waals surface area contributed by atoms with Crippen molar-refractivity contribution in [1.82, 2.24) is 10.2 Å². The van der Waals surface area contributed by atoms with Crippen LogP contribution in [-0.2, 0) is 0 Å². The van der Waals surface area contributed by atoms with E-state index >= 15 is 0 Å². The summed E-state index contributed by atoms with van der Waals surface area (Å²) in [5.74, 6) is 0. The predicted molar refractivity (Wildman–Crippen MR) is 63.2 cm³/mol.